The summed E-state index contributed by atoms with van der Waals surface area (Å²) in [5.41, 5.74) is 1.99. The van der Waals surface area contributed by atoms with Crippen molar-refractivity contribution in [3.8, 4) is 0 Å². The molecule has 1 aromatic carbocycles. The molecule has 0 saturated carbocycles. The third-order valence-electron chi connectivity index (χ3n) is 4.28. The van der Waals surface area contributed by atoms with Gasteiger partial charge in [0.05, 0.1) is 6.04 Å². The number of benzene rings is 1. The van der Waals surface area contributed by atoms with Crippen molar-refractivity contribution in [3.63, 3.8) is 0 Å². The van der Waals surface area contributed by atoms with E-state index in [0.717, 1.165) is 42.9 Å². The molecule has 0 aliphatic carbocycles. The van der Waals surface area contributed by atoms with E-state index in [1.54, 1.807) is 0 Å². The number of carbonyl (C=O) groups excluding carboxylic acids is 1. The fourth-order valence-electron chi connectivity index (χ4n) is 3.12. The number of aliphatic imine (C=N–C) groups is 1. The number of nitrogens with zero attached hydrogens (tertiary/aromatic N) is 2. The van der Waals surface area contributed by atoms with Crippen molar-refractivity contribution in [2.45, 2.75) is 25.0 Å². The van der Waals surface area contributed by atoms with Crippen molar-refractivity contribution < 1.29 is 9.53 Å². The molecule has 0 bridgehead atoms. The van der Waals surface area contributed by atoms with Gasteiger partial charge in [-0.1, -0.05) is 23.9 Å². The second-order valence-corrected chi connectivity index (χ2v) is 6.90. The van der Waals surface area contributed by atoms with Crippen molar-refractivity contribution in [3.05, 3.63) is 29.8 Å². The quantitative estimate of drug-likeness (QED) is 0.908. The van der Waals surface area contributed by atoms with Crippen LogP contribution in [-0.2, 0) is 9.53 Å². The maximum atomic E-state index is 12.1. The lowest BCUT2D eigenvalue weighted by molar-refractivity contribution is -0.124. The van der Waals surface area contributed by atoms with Gasteiger partial charge in [0.1, 0.15) is 6.10 Å². The standard InChI is InChI=1S/C16H19N3O2S.H2S/c20-15(14-5-2-7-21-14)17-12-4-1-3-11(9-12)13-10-19-6-8-22-16(19)18-13;/h1,3-4,9,13-14H,2,5-8,10H2,(H,17,20);1H2/t13-,14?;/m1./s1. The van der Waals surface area contributed by atoms with Crippen molar-refractivity contribution in [2.75, 3.05) is 30.8 Å². The van der Waals surface area contributed by atoms with Crippen molar-refractivity contribution in [1.82, 2.24) is 4.90 Å². The zero-order valence-electron chi connectivity index (χ0n) is 12.8. The van der Waals surface area contributed by atoms with Gasteiger partial charge < -0.3 is 15.0 Å². The number of fused-ring (bicyclic) bond motifs is 1. The van der Waals surface area contributed by atoms with Gasteiger partial charge in [0.2, 0.25) is 0 Å². The van der Waals surface area contributed by atoms with E-state index < -0.39 is 0 Å². The number of anilines is 1. The smallest absolute Gasteiger partial charge is 0.253 e. The Morgan fingerprint density at radius 2 is 2.35 bits per heavy atom. The summed E-state index contributed by atoms with van der Waals surface area (Å²) >= 11 is 1.83. The molecule has 23 heavy (non-hydrogen) atoms. The van der Waals surface area contributed by atoms with E-state index >= 15 is 0 Å². The fraction of sp³-hybridized carbons (Fsp3) is 0.500. The molecule has 1 amide bonds. The van der Waals surface area contributed by atoms with E-state index in [2.05, 4.69) is 16.3 Å². The zero-order chi connectivity index (χ0) is 14.9. The van der Waals surface area contributed by atoms with E-state index in [-0.39, 0.29) is 31.5 Å². The first-order chi connectivity index (χ1) is 10.8. The van der Waals surface area contributed by atoms with Crippen molar-refractivity contribution >= 4 is 42.0 Å². The van der Waals surface area contributed by atoms with E-state index in [4.69, 9.17) is 9.73 Å². The Kier molecular flexibility index (Phi) is 5.18. The third kappa shape index (κ3) is 3.51. The summed E-state index contributed by atoms with van der Waals surface area (Å²) in [5, 5.41) is 4.13. The molecule has 3 aliphatic heterocycles. The van der Waals surface area contributed by atoms with Gasteiger partial charge in [0.15, 0.2) is 5.17 Å². The van der Waals surface area contributed by atoms with Gasteiger partial charge in [-0.05, 0) is 30.5 Å². The maximum absolute atomic E-state index is 12.1. The molecular weight excluding hydrogens is 330 g/mol. The molecule has 0 spiro atoms. The van der Waals surface area contributed by atoms with Crippen LogP contribution in [0.2, 0.25) is 0 Å². The highest BCUT2D eigenvalue weighted by Gasteiger charge is 2.30. The highest BCUT2D eigenvalue weighted by Crippen LogP contribution is 2.33. The van der Waals surface area contributed by atoms with Crippen LogP contribution in [0.4, 0.5) is 5.69 Å². The first-order valence-corrected chi connectivity index (χ1v) is 8.76. The Morgan fingerprint density at radius 1 is 1.43 bits per heavy atom. The minimum absolute atomic E-state index is 0. The number of rotatable bonds is 3. The van der Waals surface area contributed by atoms with Gasteiger partial charge in [0, 0.05) is 31.1 Å². The van der Waals surface area contributed by atoms with Gasteiger partial charge in [-0.25, -0.2) is 0 Å². The Morgan fingerprint density at radius 3 is 3.13 bits per heavy atom. The molecule has 3 aliphatic rings. The molecule has 1 aromatic rings. The lowest BCUT2D eigenvalue weighted by Gasteiger charge is -2.15. The second-order valence-electron chi connectivity index (χ2n) is 5.84. The molecule has 2 fully saturated rings. The van der Waals surface area contributed by atoms with Crippen LogP contribution in [0, 0.1) is 0 Å². The number of amidine groups is 1. The van der Waals surface area contributed by atoms with Gasteiger partial charge in [-0.3, -0.25) is 9.79 Å². The van der Waals surface area contributed by atoms with Crippen LogP contribution in [0.25, 0.3) is 0 Å². The molecular formula is C16H21N3O2S2. The summed E-state index contributed by atoms with van der Waals surface area (Å²) in [6.45, 7) is 2.73. The fourth-order valence-corrected chi connectivity index (χ4v) is 4.16. The van der Waals surface area contributed by atoms with Gasteiger partial charge in [-0.2, -0.15) is 13.5 Å². The number of ether oxygens (including phenoxy) is 1. The molecule has 0 radical (unpaired) electrons. The summed E-state index contributed by atoms with van der Waals surface area (Å²) in [4.78, 5) is 19.3. The predicted octanol–water partition coefficient (Wildman–Crippen LogP) is 2.38. The van der Waals surface area contributed by atoms with E-state index in [0.29, 0.717) is 6.61 Å². The summed E-state index contributed by atoms with van der Waals surface area (Å²) in [7, 11) is 0. The minimum atomic E-state index is -0.294. The van der Waals surface area contributed by atoms with Gasteiger partial charge in [-0.15, -0.1) is 0 Å². The van der Waals surface area contributed by atoms with Crippen LogP contribution in [0.3, 0.4) is 0 Å². The highest BCUT2D eigenvalue weighted by atomic mass is 32.2. The Labute approximate surface area is 147 Å². The lowest BCUT2D eigenvalue weighted by Crippen LogP contribution is -2.26. The first kappa shape index (κ1) is 16.7. The largest absolute Gasteiger partial charge is 0.368 e. The number of nitrogens with one attached hydrogen (secondary N) is 1. The maximum Gasteiger partial charge on any atom is 0.253 e. The lowest BCUT2D eigenvalue weighted by atomic mass is 10.1. The topological polar surface area (TPSA) is 53.9 Å². The van der Waals surface area contributed by atoms with Gasteiger partial charge in [0.25, 0.3) is 5.91 Å². The molecule has 2 atom stereocenters. The Balaban J connectivity index is 0.00000156. The average molecular weight is 351 g/mol. The van der Waals surface area contributed by atoms with Crippen LogP contribution in [0.1, 0.15) is 24.4 Å². The van der Waals surface area contributed by atoms with Crippen molar-refractivity contribution in [2.24, 2.45) is 4.99 Å². The average Bonchev–Trinajstić information content (AvgIpc) is 3.24. The Hall–Kier alpha value is -1.18. The summed E-state index contributed by atoms with van der Waals surface area (Å²) in [5.74, 6) is 1.10. The van der Waals surface area contributed by atoms with Crippen LogP contribution < -0.4 is 5.32 Å². The number of amides is 1. The normalized spacial score (nSPS) is 25.7. The molecule has 7 heteroatoms. The molecule has 5 nitrogen and oxygen atoms in total. The highest BCUT2D eigenvalue weighted by molar-refractivity contribution is 8.14. The summed E-state index contributed by atoms with van der Waals surface area (Å²) in [6, 6.07) is 8.21. The molecule has 0 aromatic heterocycles. The first-order valence-electron chi connectivity index (χ1n) is 7.77. The van der Waals surface area contributed by atoms with E-state index in [9.17, 15) is 4.79 Å². The number of hydrogen-bond acceptors (Lipinski definition) is 5. The van der Waals surface area contributed by atoms with Crippen LogP contribution >= 0.6 is 25.3 Å². The van der Waals surface area contributed by atoms with Crippen LogP contribution in [-0.4, -0.2) is 47.5 Å². The zero-order valence-corrected chi connectivity index (χ0v) is 14.6. The SMILES string of the molecule is O=C(Nc1cccc([C@H]2CN3CCSC3=N2)c1)C1CCCO1.S. The van der Waals surface area contributed by atoms with E-state index in [1.165, 1.54) is 5.17 Å². The molecule has 124 valence electrons. The second kappa shape index (κ2) is 7.15. The molecule has 4 rings (SSSR count). The van der Waals surface area contributed by atoms with Crippen LogP contribution in [0.15, 0.2) is 29.3 Å². The monoisotopic (exact) mass is 351 g/mol. The predicted molar refractivity (Wildman–Crippen MR) is 98.6 cm³/mol. The molecule has 1 unspecified atom stereocenters. The molecule has 3 heterocycles. The molecule has 1 N–H and O–H groups in total. The number of thioether (sulfide) groups is 1. The van der Waals surface area contributed by atoms with E-state index in [1.807, 2.05) is 30.0 Å². The van der Waals surface area contributed by atoms with Gasteiger partial charge >= 0.3 is 0 Å². The minimum Gasteiger partial charge on any atom is -0.368 e. The summed E-state index contributed by atoms with van der Waals surface area (Å²) in [6.07, 6.45) is 1.48. The Bertz CT molecular complexity index is 617. The summed E-state index contributed by atoms with van der Waals surface area (Å²) < 4.78 is 5.42. The van der Waals surface area contributed by atoms with Crippen molar-refractivity contribution in [1.29, 1.82) is 0 Å². The number of carbonyl (C=O) groups is 1. The van der Waals surface area contributed by atoms with Crippen LogP contribution in [0.5, 0.6) is 0 Å². The number of hydrogen-bond donors (Lipinski definition) is 1. The third-order valence-corrected chi connectivity index (χ3v) is 5.29. The molecule has 2 saturated heterocycles.